The number of aliphatic hydroxyl groups is 1. The zero-order valence-electron chi connectivity index (χ0n) is 16.1. The molecule has 0 amide bonds. The second kappa shape index (κ2) is 8.72. The van der Waals surface area contributed by atoms with Gasteiger partial charge in [-0.1, -0.05) is 13.8 Å². The van der Waals surface area contributed by atoms with Gasteiger partial charge in [-0.25, -0.2) is 14.4 Å². The van der Waals surface area contributed by atoms with Crippen LogP contribution in [0.15, 0.2) is 24.4 Å². The Hall–Kier alpha value is -2.42. The van der Waals surface area contributed by atoms with Crippen LogP contribution >= 0.6 is 0 Å². The molecule has 0 saturated carbocycles. The Labute approximate surface area is 161 Å². The summed E-state index contributed by atoms with van der Waals surface area (Å²) < 4.78 is 53.1. The number of aryl methyl sites for hydroxylation is 1. The first-order valence-electron chi connectivity index (χ1n) is 8.87. The van der Waals surface area contributed by atoms with Crippen molar-refractivity contribution < 1.29 is 22.7 Å². The standard InChI is InChI=1S/C19H24F4N4O/c1-10(2)16(9-24-13-5-6-15(20)11(3)7-13)26-18-25-8-14(12(4)28)17(27-18)19(21,22)23/h5-8,10,12,16,24,28H,9H2,1-4H3,(H,25,26,27)/t12?,16-/m0/s1. The molecule has 2 rings (SSSR count). The Bertz CT molecular complexity index is 809. The highest BCUT2D eigenvalue weighted by molar-refractivity contribution is 5.46. The quantitative estimate of drug-likeness (QED) is 0.595. The minimum atomic E-state index is -4.71. The van der Waals surface area contributed by atoms with Crippen molar-refractivity contribution in [2.75, 3.05) is 17.2 Å². The number of aromatic nitrogens is 2. The molecule has 0 radical (unpaired) electrons. The highest BCUT2D eigenvalue weighted by Crippen LogP contribution is 2.33. The number of hydrogen-bond donors (Lipinski definition) is 3. The molecule has 0 saturated heterocycles. The van der Waals surface area contributed by atoms with Gasteiger partial charge in [-0.05, 0) is 43.5 Å². The molecule has 2 aromatic rings. The van der Waals surface area contributed by atoms with Crippen molar-refractivity contribution in [2.24, 2.45) is 5.92 Å². The molecule has 2 atom stereocenters. The van der Waals surface area contributed by atoms with Crippen LogP contribution in [0.4, 0.5) is 29.2 Å². The number of rotatable bonds is 7. The lowest BCUT2D eigenvalue weighted by Crippen LogP contribution is -2.34. The van der Waals surface area contributed by atoms with Crippen LogP contribution in [-0.2, 0) is 6.18 Å². The number of nitrogens with one attached hydrogen (secondary N) is 2. The normalized spacial score (nSPS) is 14.1. The third-order valence-corrected chi connectivity index (χ3v) is 4.34. The van der Waals surface area contributed by atoms with Crippen molar-refractivity contribution in [2.45, 2.75) is 46.0 Å². The van der Waals surface area contributed by atoms with Crippen molar-refractivity contribution in [1.29, 1.82) is 0 Å². The van der Waals surface area contributed by atoms with E-state index >= 15 is 0 Å². The highest BCUT2D eigenvalue weighted by Gasteiger charge is 2.37. The van der Waals surface area contributed by atoms with Crippen molar-refractivity contribution in [3.63, 3.8) is 0 Å². The second-order valence-corrected chi connectivity index (χ2v) is 7.01. The van der Waals surface area contributed by atoms with Crippen LogP contribution in [-0.4, -0.2) is 27.7 Å². The predicted octanol–water partition coefficient (Wildman–Crippen LogP) is 4.54. The Balaban J connectivity index is 2.18. The zero-order valence-corrected chi connectivity index (χ0v) is 16.1. The molecule has 5 nitrogen and oxygen atoms in total. The molecule has 1 heterocycles. The molecule has 28 heavy (non-hydrogen) atoms. The summed E-state index contributed by atoms with van der Waals surface area (Å²) in [5, 5.41) is 15.6. The predicted molar refractivity (Wildman–Crippen MR) is 99.5 cm³/mol. The molecular formula is C19H24F4N4O. The first-order valence-corrected chi connectivity index (χ1v) is 8.87. The minimum absolute atomic E-state index is 0.0448. The van der Waals surface area contributed by atoms with E-state index in [0.29, 0.717) is 17.8 Å². The summed E-state index contributed by atoms with van der Waals surface area (Å²) in [6.07, 6.45) is -5.06. The summed E-state index contributed by atoms with van der Waals surface area (Å²) in [7, 11) is 0. The van der Waals surface area contributed by atoms with E-state index in [0.717, 1.165) is 6.20 Å². The number of nitrogens with zero attached hydrogens (tertiary/aromatic N) is 2. The third kappa shape index (κ3) is 5.54. The zero-order chi connectivity index (χ0) is 21.1. The molecule has 1 aromatic heterocycles. The van der Waals surface area contributed by atoms with Crippen molar-refractivity contribution in [3.05, 3.63) is 47.0 Å². The fraction of sp³-hybridized carbons (Fsp3) is 0.474. The maximum Gasteiger partial charge on any atom is 0.433 e. The summed E-state index contributed by atoms with van der Waals surface area (Å²) in [5.41, 5.74) is -0.345. The SMILES string of the molecule is Cc1cc(NC[C@H](Nc2ncc(C(C)O)c(C(F)(F)F)n2)C(C)C)ccc1F. The van der Waals surface area contributed by atoms with Gasteiger partial charge in [0.15, 0.2) is 5.69 Å². The van der Waals surface area contributed by atoms with Crippen LogP contribution in [0.3, 0.4) is 0 Å². The van der Waals surface area contributed by atoms with Gasteiger partial charge in [0, 0.05) is 30.0 Å². The molecule has 1 aromatic carbocycles. The molecule has 0 aliphatic heterocycles. The molecule has 9 heteroatoms. The maximum absolute atomic E-state index is 13.4. The van der Waals surface area contributed by atoms with Crippen molar-refractivity contribution in [3.8, 4) is 0 Å². The second-order valence-electron chi connectivity index (χ2n) is 7.01. The average Bonchev–Trinajstić information content (AvgIpc) is 2.60. The summed E-state index contributed by atoms with van der Waals surface area (Å²) in [4.78, 5) is 7.50. The third-order valence-electron chi connectivity index (χ3n) is 4.34. The van der Waals surface area contributed by atoms with Gasteiger partial charge >= 0.3 is 6.18 Å². The molecule has 0 fully saturated rings. The lowest BCUT2D eigenvalue weighted by Gasteiger charge is -2.24. The van der Waals surface area contributed by atoms with E-state index in [1.165, 1.54) is 13.0 Å². The van der Waals surface area contributed by atoms with Gasteiger partial charge < -0.3 is 15.7 Å². The van der Waals surface area contributed by atoms with Crippen LogP contribution in [0.1, 0.15) is 43.7 Å². The summed E-state index contributed by atoms with van der Waals surface area (Å²) in [6.45, 7) is 7.06. The van der Waals surface area contributed by atoms with Gasteiger partial charge in [-0.3, -0.25) is 0 Å². The molecule has 3 N–H and O–H groups in total. The van der Waals surface area contributed by atoms with E-state index in [2.05, 4.69) is 20.6 Å². The van der Waals surface area contributed by atoms with Crippen LogP contribution in [0, 0.1) is 18.7 Å². The largest absolute Gasteiger partial charge is 0.433 e. The van der Waals surface area contributed by atoms with Crippen LogP contribution in [0.25, 0.3) is 0 Å². The number of halogens is 4. The topological polar surface area (TPSA) is 70.1 Å². The first-order chi connectivity index (χ1) is 13.0. The molecule has 1 unspecified atom stereocenters. The number of alkyl halides is 3. The summed E-state index contributed by atoms with van der Waals surface area (Å²) in [6, 6.07) is 4.31. The molecule has 0 bridgehead atoms. The van der Waals surface area contributed by atoms with Gasteiger partial charge in [-0.2, -0.15) is 13.2 Å². The molecule has 154 valence electrons. The Kier molecular flexibility index (Phi) is 6.82. The first kappa shape index (κ1) is 21.9. The molecule has 0 aliphatic rings. The van der Waals surface area contributed by atoms with E-state index in [1.807, 2.05) is 13.8 Å². The Morgan fingerprint density at radius 3 is 2.39 bits per heavy atom. The van der Waals surface area contributed by atoms with Crippen molar-refractivity contribution in [1.82, 2.24) is 9.97 Å². The number of hydrogen-bond acceptors (Lipinski definition) is 5. The fourth-order valence-corrected chi connectivity index (χ4v) is 2.60. The van der Waals surface area contributed by atoms with E-state index in [1.54, 1.807) is 19.1 Å². The molecule has 0 aliphatic carbocycles. The number of aliphatic hydroxyl groups excluding tert-OH is 1. The fourth-order valence-electron chi connectivity index (χ4n) is 2.60. The maximum atomic E-state index is 13.4. The van der Waals surface area contributed by atoms with Gasteiger partial charge in [0.25, 0.3) is 0 Å². The lowest BCUT2D eigenvalue weighted by atomic mass is 10.0. The van der Waals surface area contributed by atoms with E-state index in [9.17, 15) is 22.7 Å². The summed E-state index contributed by atoms with van der Waals surface area (Å²) in [5.74, 6) is -0.439. The highest BCUT2D eigenvalue weighted by atomic mass is 19.4. The van der Waals surface area contributed by atoms with Gasteiger partial charge in [0.1, 0.15) is 5.82 Å². The smallest absolute Gasteiger partial charge is 0.389 e. The molecular weight excluding hydrogens is 376 g/mol. The average molecular weight is 400 g/mol. The Morgan fingerprint density at radius 2 is 1.86 bits per heavy atom. The van der Waals surface area contributed by atoms with Crippen LogP contribution in [0.2, 0.25) is 0 Å². The van der Waals surface area contributed by atoms with E-state index in [-0.39, 0.29) is 29.3 Å². The number of benzene rings is 1. The van der Waals surface area contributed by atoms with Crippen LogP contribution in [0.5, 0.6) is 0 Å². The Morgan fingerprint density at radius 1 is 1.18 bits per heavy atom. The van der Waals surface area contributed by atoms with Gasteiger partial charge in [0.05, 0.1) is 6.10 Å². The van der Waals surface area contributed by atoms with E-state index < -0.39 is 18.0 Å². The minimum Gasteiger partial charge on any atom is -0.389 e. The lowest BCUT2D eigenvalue weighted by molar-refractivity contribution is -0.142. The number of anilines is 2. The van der Waals surface area contributed by atoms with Gasteiger partial charge in [-0.15, -0.1) is 0 Å². The van der Waals surface area contributed by atoms with E-state index in [4.69, 9.17) is 0 Å². The molecule has 0 spiro atoms. The summed E-state index contributed by atoms with van der Waals surface area (Å²) >= 11 is 0. The van der Waals surface area contributed by atoms with Crippen molar-refractivity contribution >= 4 is 11.6 Å². The van der Waals surface area contributed by atoms with Gasteiger partial charge in [0.2, 0.25) is 5.95 Å². The van der Waals surface area contributed by atoms with Crippen LogP contribution < -0.4 is 10.6 Å². The monoisotopic (exact) mass is 400 g/mol.